The van der Waals surface area contributed by atoms with Crippen LogP contribution in [0.5, 0.6) is 0 Å². The van der Waals surface area contributed by atoms with Crippen molar-refractivity contribution in [3.05, 3.63) is 70.2 Å². The molecule has 2 N–H and O–H groups in total. The Labute approximate surface area is 182 Å². The fraction of sp³-hybridized carbons (Fsp3) is 0.333. The van der Waals surface area contributed by atoms with Gasteiger partial charge in [-0.05, 0) is 68.3 Å². The monoisotopic (exact) mass is 421 g/mol. The van der Waals surface area contributed by atoms with Crippen molar-refractivity contribution in [2.45, 2.75) is 27.3 Å². The van der Waals surface area contributed by atoms with Gasteiger partial charge in [-0.15, -0.1) is 11.3 Å². The van der Waals surface area contributed by atoms with Crippen LogP contribution in [0.1, 0.15) is 34.1 Å². The van der Waals surface area contributed by atoms with Crippen LogP contribution in [0.2, 0.25) is 0 Å². The molecule has 0 bridgehead atoms. The van der Waals surface area contributed by atoms with E-state index < -0.39 is 0 Å². The molecule has 0 unspecified atom stereocenters. The number of hydrogen-bond donors (Lipinski definition) is 2. The highest BCUT2D eigenvalue weighted by Gasteiger charge is 2.21. The van der Waals surface area contributed by atoms with Crippen molar-refractivity contribution in [2.24, 2.45) is 0 Å². The molecule has 0 aliphatic carbocycles. The second-order valence-electron chi connectivity index (χ2n) is 8.08. The van der Waals surface area contributed by atoms with E-state index in [9.17, 15) is 4.79 Å². The Bertz CT molecular complexity index is 1020. The number of rotatable bonds is 6. The number of nitrogens with one attached hydrogen (secondary N) is 2. The lowest BCUT2D eigenvalue weighted by atomic mass is 10.1. The average Bonchev–Trinajstić information content (AvgIpc) is 3.18. The molecule has 3 aromatic rings. The zero-order chi connectivity index (χ0) is 21.1. The third-order valence-corrected chi connectivity index (χ3v) is 6.66. The van der Waals surface area contributed by atoms with Crippen LogP contribution in [0.3, 0.4) is 0 Å². The van der Waals surface area contributed by atoms with E-state index in [4.69, 9.17) is 4.98 Å². The maximum atomic E-state index is 11.5. The molecule has 1 aliphatic rings. The highest BCUT2D eigenvalue weighted by atomic mass is 32.1. The summed E-state index contributed by atoms with van der Waals surface area (Å²) in [4.78, 5) is 20.2. The summed E-state index contributed by atoms with van der Waals surface area (Å²) in [7, 11) is 0. The van der Waals surface area contributed by atoms with Gasteiger partial charge in [-0.2, -0.15) is 0 Å². The van der Waals surface area contributed by atoms with Gasteiger partial charge in [0.25, 0.3) is 0 Å². The number of aromatic nitrogens is 1. The molecule has 30 heavy (non-hydrogen) atoms. The van der Waals surface area contributed by atoms with Crippen LogP contribution in [-0.4, -0.2) is 36.9 Å². The number of carbonyl (C=O) groups excluding carboxylic acids is 1. The number of nitrogens with zero attached hydrogens (tertiary/aromatic N) is 2. The van der Waals surface area contributed by atoms with Crippen LogP contribution in [0.25, 0.3) is 0 Å². The third kappa shape index (κ3) is 4.89. The number of carbonyl (C=O) groups is 1. The van der Waals surface area contributed by atoms with Crippen LogP contribution in [0, 0.1) is 13.8 Å². The Hall–Kier alpha value is -2.70. The number of ketones is 1. The van der Waals surface area contributed by atoms with E-state index in [1.54, 1.807) is 23.2 Å². The van der Waals surface area contributed by atoms with Gasteiger partial charge in [-0.3, -0.25) is 4.79 Å². The molecule has 0 spiro atoms. The number of hydrogen-bond acceptors (Lipinski definition) is 5. The smallest absolute Gasteiger partial charge is 0.187 e. The van der Waals surface area contributed by atoms with Crippen molar-refractivity contribution in [2.75, 3.05) is 36.4 Å². The molecule has 1 fully saturated rings. The maximum Gasteiger partial charge on any atom is 0.187 e. The molecule has 1 aromatic heterocycles. The van der Waals surface area contributed by atoms with Crippen LogP contribution in [0.4, 0.5) is 16.5 Å². The van der Waals surface area contributed by atoms with Gasteiger partial charge in [0.15, 0.2) is 10.9 Å². The molecule has 0 radical (unpaired) electrons. The average molecular weight is 422 g/mol. The van der Waals surface area contributed by atoms with Crippen molar-refractivity contribution in [1.29, 1.82) is 0 Å². The number of quaternary nitrogens is 1. The molecule has 6 heteroatoms. The summed E-state index contributed by atoms with van der Waals surface area (Å²) in [5, 5.41) is 6.56. The van der Waals surface area contributed by atoms with Crippen molar-refractivity contribution in [1.82, 2.24) is 4.98 Å². The second kappa shape index (κ2) is 8.98. The number of thiazole rings is 1. The van der Waals surface area contributed by atoms with Gasteiger partial charge >= 0.3 is 0 Å². The minimum atomic E-state index is 0.116. The summed E-state index contributed by atoms with van der Waals surface area (Å²) in [5.74, 6) is 0.116. The van der Waals surface area contributed by atoms with Crippen molar-refractivity contribution < 1.29 is 9.69 Å². The van der Waals surface area contributed by atoms with E-state index in [0.717, 1.165) is 54.8 Å². The fourth-order valence-electron chi connectivity index (χ4n) is 3.81. The zero-order valence-corrected chi connectivity index (χ0v) is 18.7. The minimum Gasteiger partial charge on any atom is -0.360 e. The van der Waals surface area contributed by atoms with Gasteiger partial charge in [0.1, 0.15) is 12.2 Å². The van der Waals surface area contributed by atoms with E-state index >= 15 is 0 Å². The normalized spacial score (nSPS) is 14.7. The summed E-state index contributed by atoms with van der Waals surface area (Å²) in [6.45, 7) is 11.1. The van der Waals surface area contributed by atoms with Gasteiger partial charge in [-0.25, -0.2) is 4.98 Å². The molecule has 2 aromatic carbocycles. The molecular weight excluding hydrogens is 392 g/mol. The van der Waals surface area contributed by atoms with E-state index in [1.807, 2.05) is 12.1 Å². The van der Waals surface area contributed by atoms with Gasteiger partial charge in [0, 0.05) is 22.3 Å². The SMILES string of the molecule is CC(=O)c1ccc(N2CC[NH+](Cc3csc(Nc4ccc(C)c(C)c4)n3)CC2)cc1. The first kappa shape index (κ1) is 20.6. The molecule has 4 rings (SSSR count). The number of anilines is 3. The minimum absolute atomic E-state index is 0.116. The summed E-state index contributed by atoms with van der Waals surface area (Å²) in [6, 6.07) is 14.4. The topological polar surface area (TPSA) is 49.7 Å². The lowest BCUT2D eigenvalue weighted by Gasteiger charge is -2.33. The largest absolute Gasteiger partial charge is 0.360 e. The number of Topliss-reactive ketones (excluding diaryl/α,β-unsaturated/α-hetero) is 1. The van der Waals surface area contributed by atoms with Crippen molar-refractivity contribution in [3.8, 4) is 0 Å². The highest BCUT2D eigenvalue weighted by Crippen LogP contribution is 2.22. The number of aryl methyl sites for hydroxylation is 2. The first-order valence-corrected chi connectivity index (χ1v) is 11.3. The highest BCUT2D eigenvalue weighted by molar-refractivity contribution is 7.13. The predicted octanol–water partition coefficient (Wildman–Crippen LogP) is 3.61. The Kier molecular flexibility index (Phi) is 6.16. The van der Waals surface area contributed by atoms with Gasteiger partial charge in [0.2, 0.25) is 0 Å². The molecular formula is C24H29N4OS+. The Morgan fingerprint density at radius 3 is 2.50 bits per heavy atom. The molecule has 2 heterocycles. The van der Waals surface area contributed by atoms with E-state index in [2.05, 4.69) is 59.8 Å². The molecule has 1 saturated heterocycles. The van der Waals surface area contributed by atoms with Gasteiger partial charge in [-0.1, -0.05) is 6.07 Å². The molecule has 0 amide bonds. The summed E-state index contributed by atoms with van der Waals surface area (Å²) < 4.78 is 0. The summed E-state index contributed by atoms with van der Waals surface area (Å²) in [5.41, 5.74) is 6.81. The fourth-order valence-corrected chi connectivity index (χ4v) is 4.54. The summed E-state index contributed by atoms with van der Waals surface area (Å²) >= 11 is 1.67. The standard InChI is InChI=1S/C24H28N4OS/c1-17-4-7-21(14-18(17)2)25-24-26-22(16-30-24)15-27-10-12-28(13-11-27)23-8-5-20(6-9-23)19(3)29/h4-9,14,16H,10-13,15H2,1-3H3,(H,25,26)/p+1. The van der Waals surface area contributed by atoms with Crippen LogP contribution in [-0.2, 0) is 6.54 Å². The Morgan fingerprint density at radius 1 is 1.10 bits per heavy atom. The third-order valence-electron chi connectivity index (χ3n) is 5.85. The van der Waals surface area contributed by atoms with Crippen LogP contribution >= 0.6 is 11.3 Å². The quantitative estimate of drug-likeness (QED) is 0.597. The lowest BCUT2D eigenvalue weighted by molar-refractivity contribution is -0.914. The van der Waals surface area contributed by atoms with Crippen molar-refractivity contribution >= 4 is 33.6 Å². The molecule has 0 atom stereocenters. The second-order valence-corrected chi connectivity index (χ2v) is 8.94. The number of piperazine rings is 1. The molecule has 5 nitrogen and oxygen atoms in total. The van der Waals surface area contributed by atoms with E-state index in [1.165, 1.54) is 16.8 Å². The molecule has 0 saturated carbocycles. The van der Waals surface area contributed by atoms with Crippen LogP contribution in [0.15, 0.2) is 47.8 Å². The first-order valence-electron chi connectivity index (χ1n) is 10.5. The molecule has 156 valence electrons. The maximum absolute atomic E-state index is 11.5. The van der Waals surface area contributed by atoms with E-state index in [-0.39, 0.29) is 5.78 Å². The van der Waals surface area contributed by atoms with Crippen LogP contribution < -0.4 is 15.1 Å². The van der Waals surface area contributed by atoms with E-state index in [0.29, 0.717) is 0 Å². The van der Waals surface area contributed by atoms with Crippen molar-refractivity contribution in [3.63, 3.8) is 0 Å². The summed E-state index contributed by atoms with van der Waals surface area (Å²) in [6.07, 6.45) is 0. The predicted molar refractivity (Wildman–Crippen MR) is 124 cm³/mol. The van der Waals surface area contributed by atoms with Gasteiger partial charge in [0.05, 0.1) is 26.2 Å². The first-order chi connectivity index (χ1) is 14.5. The number of benzene rings is 2. The Morgan fingerprint density at radius 2 is 1.83 bits per heavy atom. The Balaban J connectivity index is 1.30. The zero-order valence-electron chi connectivity index (χ0n) is 17.9. The van der Waals surface area contributed by atoms with Gasteiger partial charge < -0.3 is 15.1 Å². The molecule has 1 aliphatic heterocycles. The lowest BCUT2D eigenvalue weighted by Crippen LogP contribution is -3.13.